The second-order valence-corrected chi connectivity index (χ2v) is 4.25. The maximum absolute atomic E-state index is 3.46. The second-order valence-electron chi connectivity index (χ2n) is 3.20. The molecule has 0 amide bonds. The van der Waals surface area contributed by atoms with Crippen molar-refractivity contribution in [2.75, 3.05) is 11.2 Å². The van der Waals surface area contributed by atoms with E-state index < -0.39 is 0 Å². The molecule has 0 bridgehead atoms. The first-order valence-corrected chi connectivity index (χ1v) is 5.35. The lowest BCUT2D eigenvalue weighted by molar-refractivity contribution is 0.740. The Morgan fingerprint density at radius 3 is 3.23 bits per heavy atom. The first-order chi connectivity index (χ1) is 6.43. The number of para-hydroxylation sites is 1. The minimum absolute atomic E-state index is 0.347. The number of hydrogen-bond donors (Lipinski definition) is 2. The maximum atomic E-state index is 3.46. The molecular weight excluding hydrogens is 180 g/mol. The molecule has 2 aliphatic rings. The van der Waals surface area contributed by atoms with Crippen LogP contribution in [0.1, 0.15) is 5.56 Å². The Balaban J connectivity index is 2.10. The lowest BCUT2D eigenvalue weighted by Crippen LogP contribution is -2.32. The standard InChI is InChI=1S/C10H10N2S/c1-2-4-8-7(3-1)5-9-10(12-8)11-6-13-9/h1-5,10-12H,6H2. The molecule has 0 spiro atoms. The average Bonchev–Trinajstić information content (AvgIpc) is 2.61. The normalized spacial score (nSPS) is 24.3. The summed E-state index contributed by atoms with van der Waals surface area (Å²) in [5.74, 6) is 1.01. The fourth-order valence-electron chi connectivity index (χ4n) is 1.70. The third kappa shape index (κ3) is 1.16. The van der Waals surface area contributed by atoms with Gasteiger partial charge in [0.15, 0.2) is 0 Å². The molecule has 2 nitrogen and oxygen atoms in total. The molecule has 0 aliphatic carbocycles. The van der Waals surface area contributed by atoms with Crippen LogP contribution < -0.4 is 10.6 Å². The summed E-state index contributed by atoms with van der Waals surface area (Å²) in [7, 11) is 0. The van der Waals surface area contributed by atoms with Crippen molar-refractivity contribution in [1.29, 1.82) is 0 Å². The number of nitrogens with one attached hydrogen (secondary N) is 2. The van der Waals surface area contributed by atoms with Gasteiger partial charge in [-0.3, -0.25) is 5.32 Å². The first kappa shape index (κ1) is 7.47. The Morgan fingerprint density at radius 1 is 1.31 bits per heavy atom. The Hall–Kier alpha value is -0.930. The van der Waals surface area contributed by atoms with Crippen molar-refractivity contribution in [3.05, 3.63) is 34.7 Å². The summed E-state index contributed by atoms with van der Waals surface area (Å²) in [6.07, 6.45) is 2.61. The van der Waals surface area contributed by atoms with Crippen molar-refractivity contribution in [3.63, 3.8) is 0 Å². The molecule has 1 unspecified atom stereocenters. The van der Waals surface area contributed by atoms with Gasteiger partial charge in [0.1, 0.15) is 6.17 Å². The second kappa shape index (κ2) is 2.79. The summed E-state index contributed by atoms with van der Waals surface area (Å²) in [5, 5.41) is 6.84. The Labute approximate surface area is 81.4 Å². The molecule has 66 valence electrons. The molecule has 2 N–H and O–H groups in total. The van der Waals surface area contributed by atoms with Crippen molar-refractivity contribution >= 4 is 23.5 Å². The van der Waals surface area contributed by atoms with Crippen molar-refractivity contribution in [3.8, 4) is 0 Å². The SMILES string of the molecule is C1=C2SCNC2Nc2ccccc21. The molecule has 0 radical (unpaired) electrons. The third-order valence-corrected chi connectivity index (χ3v) is 3.37. The van der Waals surface area contributed by atoms with Gasteiger partial charge in [-0.25, -0.2) is 0 Å². The van der Waals surface area contributed by atoms with Crippen LogP contribution in [0.5, 0.6) is 0 Å². The number of benzene rings is 1. The summed E-state index contributed by atoms with van der Waals surface area (Å²) in [6.45, 7) is 0. The molecule has 1 atom stereocenters. The van der Waals surface area contributed by atoms with Crippen molar-refractivity contribution < 1.29 is 0 Å². The molecule has 0 saturated carbocycles. The fourth-order valence-corrected chi connectivity index (χ4v) is 2.64. The number of anilines is 1. The Morgan fingerprint density at radius 2 is 2.23 bits per heavy atom. The summed E-state index contributed by atoms with van der Waals surface area (Å²) < 4.78 is 0. The number of thioether (sulfide) groups is 1. The van der Waals surface area contributed by atoms with E-state index in [1.807, 2.05) is 11.8 Å². The fraction of sp³-hybridized carbons (Fsp3) is 0.200. The zero-order chi connectivity index (χ0) is 8.67. The van der Waals surface area contributed by atoms with Gasteiger partial charge in [0.25, 0.3) is 0 Å². The molecular formula is C10H10N2S. The van der Waals surface area contributed by atoms with Gasteiger partial charge in [0.2, 0.25) is 0 Å². The summed E-state index contributed by atoms with van der Waals surface area (Å²) in [6, 6.07) is 8.40. The van der Waals surface area contributed by atoms with E-state index in [0.29, 0.717) is 6.17 Å². The summed E-state index contributed by atoms with van der Waals surface area (Å²) in [4.78, 5) is 1.40. The summed E-state index contributed by atoms with van der Waals surface area (Å²) in [5.41, 5.74) is 2.52. The molecule has 3 heteroatoms. The van der Waals surface area contributed by atoms with E-state index in [-0.39, 0.29) is 0 Å². The highest BCUT2D eigenvalue weighted by Crippen LogP contribution is 2.34. The average molecular weight is 190 g/mol. The molecule has 1 aromatic rings. The van der Waals surface area contributed by atoms with Crippen molar-refractivity contribution in [2.24, 2.45) is 0 Å². The molecule has 13 heavy (non-hydrogen) atoms. The van der Waals surface area contributed by atoms with Gasteiger partial charge in [0.05, 0.1) is 0 Å². The van der Waals surface area contributed by atoms with Gasteiger partial charge in [-0.15, -0.1) is 11.8 Å². The van der Waals surface area contributed by atoms with E-state index in [9.17, 15) is 0 Å². The minimum Gasteiger partial charge on any atom is -0.365 e. The van der Waals surface area contributed by atoms with Crippen LogP contribution in [0.3, 0.4) is 0 Å². The van der Waals surface area contributed by atoms with E-state index in [1.54, 1.807) is 0 Å². The van der Waals surface area contributed by atoms with Crippen molar-refractivity contribution in [1.82, 2.24) is 5.32 Å². The zero-order valence-electron chi connectivity index (χ0n) is 7.08. The zero-order valence-corrected chi connectivity index (χ0v) is 7.90. The number of fused-ring (bicyclic) bond motifs is 2. The van der Waals surface area contributed by atoms with E-state index in [2.05, 4.69) is 41.0 Å². The van der Waals surface area contributed by atoms with Crippen LogP contribution in [0, 0.1) is 0 Å². The van der Waals surface area contributed by atoms with Gasteiger partial charge in [-0.2, -0.15) is 0 Å². The van der Waals surface area contributed by atoms with Gasteiger partial charge in [-0.05, 0) is 17.7 Å². The Kier molecular flexibility index (Phi) is 1.60. The molecule has 1 fully saturated rings. The van der Waals surface area contributed by atoms with Crippen LogP contribution in [0.4, 0.5) is 5.69 Å². The lowest BCUT2D eigenvalue weighted by Gasteiger charge is -2.22. The van der Waals surface area contributed by atoms with Gasteiger partial charge >= 0.3 is 0 Å². The quantitative estimate of drug-likeness (QED) is 0.655. The van der Waals surface area contributed by atoms with Gasteiger partial charge in [0, 0.05) is 16.5 Å². The van der Waals surface area contributed by atoms with E-state index >= 15 is 0 Å². The third-order valence-electron chi connectivity index (χ3n) is 2.37. The van der Waals surface area contributed by atoms with Crippen LogP contribution in [-0.2, 0) is 0 Å². The largest absolute Gasteiger partial charge is 0.365 e. The minimum atomic E-state index is 0.347. The molecule has 1 saturated heterocycles. The highest BCUT2D eigenvalue weighted by molar-refractivity contribution is 8.03. The smallest absolute Gasteiger partial charge is 0.110 e. The van der Waals surface area contributed by atoms with Crippen LogP contribution in [-0.4, -0.2) is 12.0 Å². The lowest BCUT2D eigenvalue weighted by atomic mass is 10.1. The van der Waals surface area contributed by atoms with E-state index in [0.717, 1.165) is 5.88 Å². The predicted molar refractivity (Wildman–Crippen MR) is 57.4 cm³/mol. The molecule has 3 rings (SSSR count). The topological polar surface area (TPSA) is 24.1 Å². The summed E-state index contributed by atoms with van der Waals surface area (Å²) >= 11 is 1.88. The predicted octanol–water partition coefficient (Wildman–Crippen LogP) is 2.07. The van der Waals surface area contributed by atoms with Crippen LogP contribution in [0.25, 0.3) is 6.08 Å². The highest BCUT2D eigenvalue weighted by Gasteiger charge is 2.24. The van der Waals surface area contributed by atoms with E-state index in [4.69, 9.17) is 0 Å². The molecule has 2 heterocycles. The number of hydrogen-bond acceptors (Lipinski definition) is 3. The molecule has 0 aromatic heterocycles. The van der Waals surface area contributed by atoms with Crippen molar-refractivity contribution in [2.45, 2.75) is 6.17 Å². The number of rotatable bonds is 0. The Bertz CT molecular complexity index is 373. The van der Waals surface area contributed by atoms with Gasteiger partial charge < -0.3 is 5.32 Å². The van der Waals surface area contributed by atoms with Crippen LogP contribution >= 0.6 is 11.8 Å². The molecule has 1 aromatic carbocycles. The molecule has 2 aliphatic heterocycles. The highest BCUT2D eigenvalue weighted by atomic mass is 32.2. The van der Waals surface area contributed by atoms with Crippen LogP contribution in [0.2, 0.25) is 0 Å². The maximum Gasteiger partial charge on any atom is 0.110 e. The van der Waals surface area contributed by atoms with Crippen LogP contribution in [0.15, 0.2) is 29.2 Å². The van der Waals surface area contributed by atoms with E-state index in [1.165, 1.54) is 16.2 Å². The first-order valence-electron chi connectivity index (χ1n) is 4.37. The monoisotopic (exact) mass is 190 g/mol. The van der Waals surface area contributed by atoms with Gasteiger partial charge in [-0.1, -0.05) is 18.2 Å².